The molecule has 3 heterocycles. The van der Waals surface area contributed by atoms with Crippen LogP contribution in [0.4, 0.5) is 0 Å². The normalized spacial score (nSPS) is 11.8. The zero-order valence-corrected chi connectivity index (χ0v) is 26.2. The highest BCUT2D eigenvalue weighted by Crippen LogP contribution is 2.46. The number of benzene rings is 7. The number of thiophene rings is 1. The highest BCUT2D eigenvalue weighted by Gasteiger charge is 2.20. The molecule has 0 unspecified atom stereocenters. The van der Waals surface area contributed by atoms with Crippen LogP contribution in [0, 0.1) is 0 Å². The number of fused-ring (bicyclic) bond motifs is 8. The molecular formula is C44H27NOS. The molecule has 0 aliphatic rings. The predicted molar refractivity (Wildman–Crippen MR) is 200 cm³/mol. The lowest BCUT2D eigenvalue weighted by Crippen LogP contribution is -1.92. The Kier molecular flexibility index (Phi) is 5.78. The van der Waals surface area contributed by atoms with Crippen molar-refractivity contribution >= 4 is 64.5 Å². The molecule has 10 aromatic rings. The summed E-state index contributed by atoms with van der Waals surface area (Å²) in [6.07, 6.45) is 0. The molecule has 3 aromatic heterocycles. The van der Waals surface area contributed by atoms with E-state index in [0.29, 0.717) is 0 Å². The molecule has 0 aliphatic carbocycles. The van der Waals surface area contributed by atoms with Gasteiger partial charge < -0.3 is 8.98 Å². The first-order chi connectivity index (χ1) is 23.3. The number of hydrogen-bond acceptors (Lipinski definition) is 2. The number of hydrogen-bond donors (Lipinski definition) is 0. The molecule has 0 saturated heterocycles. The summed E-state index contributed by atoms with van der Waals surface area (Å²) in [5, 5.41) is 4.85. The summed E-state index contributed by atoms with van der Waals surface area (Å²) in [6, 6.07) is 58.7. The monoisotopic (exact) mass is 617 g/mol. The molecule has 2 nitrogen and oxygen atoms in total. The first-order valence-corrected chi connectivity index (χ1v) is 16.7. The van der Waals surface area contributed by atoms with Crippen LogP contribution in [0.5, 0.6) is 0 Å². The predicted octanol–water partition coefficient (Wildman–Crippen LogP) is 12.9. The van der Waals surface area contributed by atoms with E-state index in [4.69, 9.17) is 4.42 Å². The van der Waals surface area contributed by atoms with Crippen LogP contribution in [0.3, 0.4) is 0 Å². The molecule has 47 heavy (non-hydrogen) atoms. The van der Waals surface area contributed by atoms with Gasteiger partial charge in [0.25, 0.3) is 0 Å². The van der Waals surface area contributed by atoms with Crippen molar-refractivity contribution in [2.45, 2.75) is 0 Å². The zero-order chi connectivity index (χ0) is 30.9. The van der Waals surface area contributed by atoms with Gasteiger partial charge in [-0.15, -0.1) is 11.3 Å². The Labute approximate surface area is 275 Å². The van der Waals surface area contributed by atoms with Crippen molar-refractivity contribution in [1.82, 2.24) is 4.57 Å². The number of nitrogens with zero attached hydrogens (tertiary/aromatic N) is 1. The van der Waals surface area contributed by atoms with Crippen molar-refractivity contribution in [3.63, 3.8) is 0 Å². The van der Waals surface area contributed by atoms with Crippen LogP contribution in [0.1, 0.15) is 0 Å². The van der Waals surface area contributed by atoms with Gasteiger partial charge >= 0.3 is 0 Å². The highest BCUT2D eigenvalue weighted by atomic mass is 32.1. The van der Waals surface area contributed by atoms with Crippen LogP contribution in [-0.4, -0.2) is 4.57 Å². The van der Waals surface area contributed by atoms with Gasteiger partial charge in [0, 0.05) is 37.5 Å². The SMILES string of the molecule is c1ccc(-c2ccc3oc4c(-c5cccc(-c6cccc7c6sc6c8ccccc8n(-c8ccccc8)c76)c5)cccc4c3c2)cc1. The molecule has 220 valence electrons. The summed E-state index contributed by atoms with van der Waals surface area (Å²) in [4.78, 5) is 0. The van der Waals surface area contributed by atoms with Crippen molar-refractivity contribution < 1.29 is 4.42 Å². The second-order valence-corrected chi connectivity index (χ2v) is 13.1. The number of rotatable bonds is 4. The van der Waals surface area contributed by atoms with Gasteiger partial charge in [-0.25, -0.2) is 0 Å². The maximum Gasteiger partial charge on any atom is 0.143 e. The Hall–Kier alpha value is -5.90. The summed E-state index contributed by atoms with van der Waals surface area (Å²) in [5.41, 5.74) is 12.6. The van der Waals surface area contributed by atoms with E-state index in [2.05, 4.69) is 168 Å². The van der Waals surface area contributed by atoms with Crippen LogP contribution in [-0.2, 0) is 0 Å². The zero-order valence-electron chi connectivity index (χ0n) is 25.4. The number of furan rings is 1. The quantitative estimate of drug-likeness (QED) is 0.192. The molecule has 0 saturated carbocycles. The van der Waals surface area contributed by atoms with Gasteiger partial charge in [-0.05, 0) is 64.2 Å². The molecule has 7 aromatic carbocycles. The molecule has 0 N–H and O–H groups in total. The lowest BCUT2D eigenvalue weighted by Gasteiger charge is -2.10. The van der Waals surface area contributed by atoms with Crippen LogP contribution >= 0.6 is 11.3 Å². The van der Waals surface area contributed by atoms with Crippen LogP contribution in [0.25, 0.3) is 92.2 Å². The summed E-state index contributed by atoms with van der Waals surface area (Å²) in [7, 11) is 0. The van der Waals surface area contributed by atoms with Gasteiger partial charge in [0.1, 0.15) is 11.2 Å². The Bertz CT molecular complexity index is 2780. The van der Waals surface area contributed by atoms with E-state index >= 15 is 0 Å². The topological polar surface area (TPSA) is 18.1 Å². The molecule has 0 radical (unpaired) electrons. The third-order valence-electron chi connectivity index (χ3n) is 9.41. The minimum atomic E-state index is 0.907. The summed E-state index contributed by atoms with van der Waals surface area (Å²) < 4.78 is 11.6. The lowest BCUT2D eigenvalue weighted by atomic mass is 9.96. The average Bonchev–Trinajstić information content (AvgIpc) is 3.81. The Balaban J connectivity index is 1.15. The Morgan fingerprint density at radius 3 is 1.94 bits per heavy atom. The van der Waals surface area contributed by atoms with E-state index in [0.717, 1.165) is 33.1 Å². The fourth-order valence-corrected chi connectivity index (χ4v) is 8.61. The third kappa shape index (κ3) is 4.04. The van der Waals surface area contributed by atoms with Crippen molar-refractivity contribution in [3.8, 4) is 39.1 Å². The summed E-state index contributed by atoms with van der Waals surface area (Å²) in [6.45, 7) is 0. The first-order valence-electron chi connectivity index (χ1n) is 15.9. The fourth-order valence-electron chi connectivity index (χ4n) is 7.25. The van der Waals surface area contributed by atoms with E-state index < -0.39 is 0 Å². The summed E-state index contributed by atoms with van der Waals surface area (Å²) >= 11 is 1.90. The van der Waals surface area contributed by atoms with Crippen molar-refractivity contribution in [2.75, 3.05) is 0 Å². The number of para-hydroxylation sites is 3. The minimum absolute atomic E-state index is 0.907. The van der Waals surface area contributed by atoms with Gasteiger partial charge in [0.15, 0.2) is 0 Å². The second kappa shape index (κ2) is 10.3. The molecule has 0 aliphatic heterocycles. The molecule has 0 fully saturated rings. The van der Waals surface area contributed by atoms with Gasteiger partial charge in [-0.1, -0.05) is 127 Å². The molecule has 0 atom stereocenters. The van der Waals surface area contributed by atoms with Gasteiger partial charge in [0.05, 0.1) is 15.7 Å². The van der Waals surface area contributed by atoms with Gasteiger partial charge in [-0.2, -0.15) is 0 Å². The molecule has 10 rings (SSSR count). The molecule has 0 spiro atoms. The number of aromatic nitrogens is 1. The van der Waals surface area contributed by atoms with E-state index in [-0.39, 0.29) is 0 Å². The highest BCUT2D eigenvalue weighted by molar-refractivity contribution is 7.27. The van der Waals surface area contributed by atoms with E-state index in [1.54, 1.807) is 0 Å². The largest absolute Gasteiger partial charge is 0.455 e. The molecular weight excluding hydrogens is 591 g/mol. The molecule has 0 amide bonds. The lowest BCUT2D eigenvalue weighted by molar-refractivity contribution is 0.670. The minimum Gasteiger partial charge on any atom is -0.455 e. The van der Waals surface area contributed by atoms with Crippen LogP contribution < -0.4 is 0 Å². The van der Waals surface area contributed by atoms with E-state index in [1.807, 2.05) is 11.3 Å². The maximum atomic E-state index is 6.57. The Morgan fingerprint density at radius 1 is 0.426 bits per heavy atom. The van der Waals surface area contributed by atoms with Gasteiger partial charge in [0.2, 0.25) is 0 Å². The van der Waals surface area contributed by atoms with Crippen molar-refractivity contribution in [3.05, 3.63) is 164 Å². The summed E-state index contributed by atoms with van der Waals surface area (Å²) in [5.74, 6) is 0. The van der Waals surface area contributed by atoms with Crippen molar-refractivity contribution in [2.24, 2.45) is 0 Å². The van der Waals surface area contributed by atoms with Crippen LogP contribution in [0.15, 0.2) is 168 Å². The molecule has 0 bridgehead atoms. The first kappa shape index (κ1) is 26.3. The smallest absolute Gasteiger partial charge is 0.143 e. The second-order valence-electron chi connectivity index (χ2n) is 12.1. The maximum absolute atomic E-state index is 6.57. The average molecular weight is 618 g/mol. The van der Waals surface area contributed by atoms with Gasteiger partial charge in [-0.3, -0.25) is 0 Å². The third-order valence-corrected chi connectivity index (χ3v) is 10.7. The van der Waals surface area contributed by atoms with E-state index in [9.17, 15) is 0 Å². The molecule has 3 heteroatoms. The fraction of sp³-hybridized carbons (Fsp3) is 0. The van der Waals surface area contributed by atoms with Crippen LogP contribution in [0.2, 0.25) is 0 Å². The van der Waals surface area contributed by atoms with Crippen molar-refractivity contribution in [1.29, 1.82) is 0 Å². The van der Waals surface area contributed by atoms with E-state index in [1.165, 1.54) is 59.1 Å². The standard InChI is InChI=1S/C44H27NOS/c1-3-12-28(13-4-1)29-24-25-40-38(27-29)35-21-10-19-33(42(35)46-40)30-14-9-15-31(26-30)34-20-11-22-37-41-44(47-43(34)37)36-18-7-8-23-39(36)45(41)32-16-5-2-6-17-32/h1-27H. The Morgan fingerprint density at radius 2 is 1.09 bits per heavy atom.